The number of rotatable bonds is 6. The van der Waals surface area contributed by atoms with Gasteiger partial charge in [-0.1, -0.05) is 6.07 Å². The summed E-state index contributed by atoms with van der Waals surface area (Å²) in [6.45, 7) is 1.06. The van der Waals surface area contributed by atoms with Crippen molar-refractivity contribution in [1.29, 1.82) is 0 Å². The number of carboxylic acids is 1. The summed E-state index contributed by atoms with van der Waals surface area (Å²) in [7, 11) is 0. The summed E-state index contributed by atoms with van der Waals surface area (Å²) in [5, 5.41) is 10.6. The highest BCUT2D eigenvalue weighted by molar-refractivity contribution is 7.12. The van der Waals surface area contributed by atoms with Gasteiger partial charge in [-0.2, -0.15) is 0 Å². The number of carbonyl (C=O) groups is 3. The molecule has 1 aromatic heterocycles. The molecule has 2 heterocycles. The van der Waals surface area contributed by atoms with Crippen LogP contribution in [-0.2, 0) is 14.3 Å². The fourth-order valence-corrected chi connectivity index (χ4v) is 2.90. The number of ketones is 1. The van der Waals surface area contributed by atoms with Gasteiger partial charge in [-0.15, -0.1) is 11.3 Å². The van der Waals surface area contributed by atoms with Crippen molar-refractivity contribution in [2.24, 2.45) is 0 Å². The van der Waals surface area contributed by atoms with Crippen molar-refractivity contribution in [2.45, 2.75) is 25.4 Å². The van der Waals surface area contributed by atoms with Gasteiger partial charge >= 0.3 is 5.97 Å². The highest BCUT2D eigenvalue weighted by Crippen LogP contribution is 2.14. The lowest BCUT2D eigenvalue weighted by Gasteiger charge is -2.32. The number of ether oxygens (including phenoxy) is 1. The lowest BCUT2D eigenvalue weighted by atomic mass is 10.1. The second kappa shape index (κ2) is 7.33. The topological polar surface area (TPSA) is 83.9 Å². The first-order valence-corrected chi connectivity index (χ1v) is 7.62. The molecule has 1 saturated heterocycles. The minimum absolute atomic E-state index is 0.0336. The maximum absolute atomic E-state index is 12.1. The molecule has 1 unspecified atom stereocenters. The number of nitrogens with zero attached hydrogens (tertiary/aromatic N) is 1. The lowest BCUT2D eigenvalue weighted by Crippen LogP contribution is -2.46. The van der Waals surface area contributed by atoms with Gasteiger partial charge in [-0.05, 0) is 11.4 Å². The van der Waals surface area contributed by atoms with Gasteiger partial charge in [0, 0.05) is 25.9 Å². The Morgan fingerprint density at radius 3 is 2.86 bits per heavy atom. The van der Waals surface area contributed by atoms with E-state index in [2.05, 4.69) is 0 Å². The third-order valence-electron chi connectivity index (χ3n) is 3.26. The number of carbonyl (C=O) groups excluding carboxylic acids is 2. The fraction of sp³-hybridized carbons (Fsp3) is 0.500. The van der Waals surface area contributed by atoms with E-state index in [-0.39, 0.29) is 37.5 Å². The molecule has 0 saturated carbocycles. The Hall–Kier alpha value is -1.73. The summed E-state index contributed by atoms with van der Waals surface area (Å²) in [6.07, 6.45) is -0.248. The van der Waals surface area contributed by atoms with Gasteiger partial charge in [0.1, 0.15) is 0 Å². The average molecular weight is 311 g/mol. The SMILES string of the molecule is O=C(O)CC1CN(C(=O)CCC(=O)c2cccs2)CCO1. The van der Waals surface area contributed by atoms with Crippen LogP contribution in [0.1, 0.15) is 28.9 Å². The Bertz CT molecular complexity index is 513. The Morgan fingerprint density at radius 1 is 1.38 bits per heavy atom. The normalized spacial score (nSPS) is 18.5. The summed E-state index contributed by atoms with van der Waals surface area (Å²) in [4.78, 5) is 36.8. The first-order valence-electron chi connectivity index (χ1n) is 6.74. The quantitative estimate of drug-likeness (QED) is 0.803. The molecule has 1 atom stereocenters. The van der Waals surface area contributed by atoms with Gasteiger partial charge in [0.15, 0.2) is 5.78 Å². The van der Waals surface area contributed by atoms with Gasteiger partial charge in [-0.25, -0.2) is 0 Å². The van der Waals surface area contributed by atoms with Crippen LogP contribution in [0.4, 0.5) is 0 Å². The van der Waals surface area contributed by atoms with E-state index in [4.69, 9.17) is 9.84 Å². The predicted molar refractivity (Wildman–Crippen MR) is 76.5 cm³/mol. The fourth-order valence-electron chi connectivity index (χ4n) is 2.20. The second-order valence-electron chi connectivity index (χ2n) is 4.83. The molecular weight excluding hydrogens is 294 g/mol. The molecule has 0 spiro atoms. The molecular formula is C14H17NO5S. The van der Waals surface area contributed by atoms with E-state index in [9.17, 15) is 14.4 Å². The molecule has 2 rings (SSSR count). The molecule has 1 aliphatic rings. The van der Waals surface area contributed by atoms with Crippen molar-refractivity contribution in [3.05, 3.63) is 22.4 Å². The molecule has 1 aliphatic heterocycles. The summed E-state index contributed by atoms with van der Waals surface area (Å²) in [5.41, 5.74) is 0. The molecule has 6 nitrogen and oxygen atoms in total. The zero-order valence-electron chi connectivity index (χ0n) is 11.5. The Balaban J connectivity index is 1.80. The maximum atomic E-state index is 12.1. The van der Waals surface area contributed by atoms with Crippen LogP contribution in [0.2, 0.25) is 0 Å². The predicted octanol–water partition coefficient (Wildman–Crippen LogP) is 1.41. The van der Waals surface area contributed by atoms with Crippen molar-refractivity contribution < 1.29 is 24.2 Å². The molecule has 114 valence electrons. The number of hydrogen-bond donors (Lipinski definition) is 1. The van der Waals surface area contributed by atoms with Crippen LogP contribution in [0, 0.1) is 0 Å². The summed E-state index contributed by atoms with van der Waals surface area (Å²) >= 11 is 1.37. The van der Waals surface area contributed by atoms with Crippen LogP contribution >= 0.6 is 11.3 Å². The highest BCUT2D eigenvalue weighted by Gasteiger charge is 2.26. The number of morpholine rings is 1. The van der Waals surface area contributed by atoms with Crippen molar-refractivity contribution in [3.8, 4) is 0 Å². The first kappa shape index (κ1) is 15.7. The molecule has 0 aliphatic carbocycles. The standard InChI is InChI=1S/C14H17NO5S/c16-11(12-2-1-7-21-12)3-4-13(17)15-5-6-20-10(9-15)8-14(18)19/h1-2,7,10H,3-6,8-9H2,(H,18,19). The molecule has 1 fully saturated rings. The third kappa shape index (κ3) is 4.64. The molecule has 0 aromatic carbocycles. The monoisotopic (exact) mass is 311 g/mol. The Morgan fingerprint density at radius 2 is 2.19 bits per heavy atom. The van der Waals surface area contributed by atoms with Gasteiger partial charge < -0.3 is 14.7 Å². The maximum Gasteiger partial charge on any atom is 0.306 e. The van der Waals surface area contributed by atoms with Crippen molar-refractivity contribution in [1.82, 2.24) is 4.90 Å². The lowest BCUT2D eigenvalue weighted by molar-refractivity contribution is -0.147. The number of amides is 1. The van der Waals surface area contributed by atoms with E-state index in [1.807, 2.05) is 5.38 Å². The van der Waals surface area contributed by atoms with Gasteiger partial charge in [0.25, 0.3) is 0 Å². The Kier molecular flexibility index (Phi) is 5.46. The van der Waals surface area contributed by atoms with Crippen LogP contribution in [0.3, 0.4) is 0 Å². The summed E-state index contributed by atoms with van der Waals surface area (Å²) < 4.78 is 5.31. The Labute approximate surface area is 126 Å². The van der Waals surface area contributed by atoms with Crippen LogP contribution in [0.15, 0.2) is 17.5 Å². The molecule has 0 bridgehead atoms. The van der Waals surface area contributed by atoms with E-state index in [0.717, 1.165) is 0 Å². The zero-order chi connectivity index (χ0) is 15.2. The van der Waals surface area contributed by atoms with E-state index >= 15 is 0 Å². The van der Waals surface area contributed by atoms with Crippen molar-refractivity contribution >= 4 is 29.0 Å². The van der Waals surface area contributed by atoms with Gasteiger partial charge in [-0.3, -0.25) is 14.4 Å². The summed E-state index contributed by atoms with van der Waals surface area (Å²) in [6, 6.07) is 3.55. The van der Waals surface area contributed by atoms with E-state index in [1.165, 1.54) is 11.3 Å². The van der Waals surface area contributed by atoms with E-state index < -0.39 is 12.1 Å². The van der Waals surface area contributed by atoms with Crippen LogP contribution in [-0.4, -0.2) is 53.5 Å². The van der Waals surface area contributed by atoms with E-state index in [1.54, 1.807) is 17.0 Å². The third-order valence-corrected chi connectivity index (χ3v) is 4.17. The number of thiophene rings is 1. The number of hydrogen-bond acceptors (Lipinski definition) is 5. The summed E-state index contributed by atoms with van der Waals surface area (Å²) in [5.74, 6) is -1.10. The van der Waals surface area contributed by atoms with Crippen molar-refractivity contribution in [2.75, 3.05) is 19.7 Å². The van der Waals surface area contributed by atoms with Gasteiger partial charge in [0.05, 0.1) is 24.0 Å². The number of carboxylic acid groups (broad SMARTS) is 1. The zero-order valence-corrected chi connectivity index (χ0v) is 12.3. The van der Waals surface area contributed by atoms with E-state index in [0.29, 0.717) is 18.0 Å². The molecule has 1 N–H and O–H groups in total. The van der Waals surface area contributed by atoms with Gasteiger partial charge in [0.2, 0.25) is 5.91 Å². The number of aliphatic carboxylic acids is 1. The van der Waals surface area contributed by atoms with Crippen LogP contribution in [0.25, 0.3) is 0 Å². The first-order chi connectivity index (χ1) is 10.1. The van der Waals surface area contributed by atoms with Crippen LogP contribution < -0.4 is 0 Å². The molecule has 0 radical (unpaired) electrons. The molecule has 21 heavy (non-hydrogen) atoms. The smallest absolute Gasteiger partial charge is 0.306 e. The van der Waals surface area contributed by atoms with Crippen molar-refractivity contribution in [3.63, 3.8) is 0 Å². The highest BCUT2D eigenvalue weighted by atomic mass is 32.1. The van der Waals surface area contributed by atoms with Crippen LogP contribution in [0.5, 0.6) is 0 Å². The minimum Gasteiger partial charge on any atom is -0.481 e. The molecule has 1 aromatic rings. The number of Topliss-reactive ketones (excluding diaryl/α,β-unsaturated/α-hetero) is 1. The largest absolute Gasteiger partial charge is 0.481 e. The molecule has 7 heteroatoms. The average Bonchev–Trinajstić information content (AvgIpc) is 2.98. The molecule has 1 amide bonds. The second-order valence-corrected chi connectivity index (χ2v) is 5.78. The minimum atomic E-state index is -0.942.